The van der Waals surface area contributed by atoms with Gasteiger partial charge < -0.3 is 40.1 Å². The summed E-state index contributed by atoms with van der Waals surface area (Å²) >= 11 is 0. The van der Waals surface area contributed by atoms with Crippen molar-refractivity contribution in [3.8, 4) is 0 Å². The Balaban J connectivity index is 1.46. The fraction of sp³-hybridized carbons (Fsp3) is 1.00. The van der Waals surface area contributed by atoms with Crippen LogP contribution in [0.4, 0.5) is 0 Å². The van der Waals surface area contributed by atoms with Crippen LogP contribution in [-0.2, 0) is 9.47 Å². The Kier molecular flexibility index (Phi) is 5.79. The van der Waals surface area contributed by atoms with E-state index in [1.54, 1.807) is 0 Å². The number of aliphatic hydroxyl groups is 6. The van der Waals surface area contributed by atoms with Crippen LogP contribution in [0.1, 0.15) is 39.5 Å². The van der Waals surface area contributed by atoms with Gasteiger partial charge in [-0.3, -0.25) is 0 Å². The van der Waals surface area contributed by atoms with Gasteiger partial charge in [0.1, 0.15) is 24.4 Å². The van der Waals surface area contributed by atoms with E-state index in [-0.39, 0.29) is 24.5 Å². The molecule has 0 bridgehead atoms. The molecule has 3 aliphatic carbocycles. The van der Waals surface area contributed by atoms with Gasteiger partial charge in [0.05, 0.1) is 18.8 Å². The molecule has 0 amide bonds. The fourth-order valence-electron chi connectivity index (χ4n) is 6.78. The van der Waals surface area contributed by atoms with Gasteiger partial charge in [0, 0.05) is 6.61 Å². The monoisotopic (exact) mass is 416 g/mol. The summed E-state index contributed by atoms with van der Waals surface area (Å²) in [5, 5.41) is 60.9. The van der Waals surface area contributed by atoms with Gasteiger partial charge in [-0.25, -0.2) is 0 Å². The van der Waals surface area contributed by atoms with E-state index in [4.69, 9.17) is 9.47 Å². The molecule has 12 atom stereocenters. The SMILES string of the molecule is C[C@@H]1CC[C@@](O)(CO[C@@H]2O[C@H](CO)[C@@H](O)[C@H](O)[C@H]2O)[C@@H]2CC[C@@H]3[C@H]([C@H]12)[C@@]3(C)CO. The van der Waals surface area contributed by atoms with E-state index in [0.29, 0.717) is 30.1 Å². The minimum absolute atomic E-state index is 0.0448. The lowest BCUT2D eigenvalue weighted by Gasteiger charge is -2.50. The average Bonchev–Trinajstić information content (AvgIpc) is 3.34. The highest BCUT2D eigenvalue weighted by Gasteiger charge is 2.69. The van der Waals surface area contributed by atoms with E-state index in [1.165, 1.54) is 0 Å². The van der Waals surface area contributed by atoms with Crippen LogP contribution in [0.25, 0.3) is 0 Å². The summed E-state index contributed by atoms with van der Waals surface area (Å²) in [7, 11) is 0. The van der Waals surface area contributed by atoms with Crippen molar-refractivity contribution in [3.05, 3.63) is 0 Å². The molecule has 3 saturated carbocycles. The topological polar surface area (TPSA) is 140 Å². The second-order valence-electron chi connectivity index (χ2n) is 10.2. The van der Waals surface area contributed by atoms with Crippen molar-refractivity contribution in [2.45, 2.75) is 75.8 Å². The number of hydrogen-bond acceptors (Lipinski definition) is 8. The maximum Gasteiger partial charge on any atom is 0.186 e. The van der Waals surface area contributed by atoms with Crippen LogP contribution >= 0.6 is 0 Å². The van der Waals surface area contributed by atoms with E-state index >= 15 is 0 Å². The molecule has 0 aromatic rings. The highest BCUT2D eigenvalue weighted by molar-refractivity contribution is 5.17. The molecule has 8 heteroatoms. The molecular weight excluding hydrogens is 380 g/mol. The molecule has 4 aliphatic rings. The molecule has 1 saturated heterocycles. The summed E-state index contributed by atoms with van der Waals surface area (Å²) in [6.07, 6.45) is -3.34. The van der Waals surface area contributed by atoms with Crippen LogP contribution in [0.2, 0.25) is 0 Å². The second kappa shape index (κ2) is 7.67. The molecule has 0 radical (unpaired) electrons. The highest BCUT2D eigenvalue weighted by Crippen LogP contribution is 2.71. The molecule has 6 N–H and O–H groups in total. The first-order valence-corrected chi connectivity index (χ1v) is 10.9. The molecule has 1 aliphatic heterocycles. The van der Waals surface area contributed by atoms with Gasteiger partial charge in [0.2, 0.25) is 0 Å². The Hall–Kier alpha value is -0.320. The normalized spacial score (nSPS) is 57.1. The molecule has 4 fully saturated rings. The number of rotatable bonds is 5. The average molecular weight is 417 g/mol. The van der Waals surface area contributed by atoms with E-state index < -0.39 is 42.9 Å². The van der Waals surface area contributed by atoms with E-state index in [0.717, 1.165) is 19.3 Å². The Morgan fingerprint density at radius 2 is 1.69 bits per heavy atom. The zero-order valence-electron chi connectivity index (χ0n) is 17.2. The minimum atomic E-state index is -1.49. The Morgan fingerprint density at radius 3 is 2.34 bits per heavy atom. The third kappa shape index (κ3) is 3.36. The zero-order valence-corrected chi connectivity index (χ0v) is 17.2. The third-order valence-electron chi connectivity index (χ3n) is 8.67. The van der Waals surface area contributed by atoms with Gasteiger partial charge in [0.25, 0.3) is 0 Å². The van der Waals surface area contributed by atoms with Gasteiger partial charge in [-0.05, 0) is 60.7 Å². The van der Waals surface area contributed by atoms with Crippen LogP contribution < -0.4 is 0 Å². The summed E-state index contributed by atoms with van der Waals surface area (Å²) in [5.41, 5.74) is -1.12. The van der Waals surface area contributed by atoms with E-state index in [2.05, 4.69) is 13.8 Å². The van der Waals surface area contributed by atoms with Gasteiger partial charge >= 0.3 is 0 Å². The van der Waals surface area contributed by atoms with Crippen LogP contribution in [0, 0.1) is 35.0 Å². The van der Waals surface area contributed by atoms with Crippen molar-refractivity contribution in [1.82, 2.24) is 0 Å². The molecular formula is C21H36O8. The molecule has 29 heavy (non-hydrogen) atoms. The number of hydrogen-bond donors (Lipinski definition) is 6. The van der Waals surface area contributed by atoms with Gasteiger partial charge in [-0.2, -0.15) is 0 Å². The first-order valence-electron chi connectivity index (χ1n) is 10.9. The number of aliphatic hydroxyl groups excluding tert-OH is 5. The maximum atomic E-state index is 11.5. The van der Waals surface area contributed by atoms with Crippen LogP contribution in [0.3, 0.4) is 0 Å². The van der Waals surface area contributed by atoms with Crippen LogP contribution in [-0.4, -0.2) is 86.8 Å². The maximum absolute atomic E-state index is 11.5. The van der Waals surface area contributed by atoms with E-state index in [1.807, 2.05) is 0 Å². The summed E-state index contributed by atoms with van der Waals surface area (Å²) < 4.78 is 11.2. The quantitative estimate of drug-likeness (QED) is 0.344. The molecule has 0 aromatic carbocycles. The summed E-state index contributed by atoms with van der Waals surface area (Å²) in [5.74, 6) is 1.77. The predicted molar refractivity (Wildman–Crippen MR) is 101 cm³/mol. The first-order chi connectivity index (χ1) is 13.7. The van der Waals surface area contributed by atoms with Crippen molar-refractivity contribution >= 4 is 0 Å². The predicted octanol–water partition coefficient (Wildman–Crippen LogP) is -0.765. The fourth-order valence-corrected chi connectivity index (χ4v) is 6.78. The van der Waals surface area contributed by atoms with Crippen LogP contribution in [0.5, 0.6) is 0 Å². The van der Waals surface area contributed by atoms with Gasteiger partial charge in [-0.1, -0.05) is 13.8 Å². The van der Waals surface area contributed by atoms with Gasteiger partial charge in [-0.15, -0.1) is 0 Å². The number of fused-ring (bicyclic) bond motifs is 3. The molecule has 8 nitrogen and oxygen atoms in total. The van der Waals surface area contributed by atoms with E-state index in [9.17, 15) is 30.6 Å². The Labute approximate surface area is 171 Å². The lowest BCUT2D eigenvalue weighted by atomic mass is 9.59. The summed E-state index contributed by atoms with van der Waals surface area (Å²) in [6.45, 7) is 4.00. The van der Waals surface area contributed by atoms with Crippen molar-refractivity contribution in [2.24, 2.45) is 35.0 Å². The molecule has 4 rings (SSSR count). The number of ether oxygens (including phenoxy) is 2. The smallest absolute Gasteiger partial charge is 0.186 e. The minimum Gasteiger partial charge on any atom is -0.396 e. The first kappa shape index (κ1) is 21.9. The Bertz CT molecular complexity index is 601. The van der Waals surface area contributed by atoms with Crippen molar-refractivity contribution in [1.29, 1.82) is 0 Å². The lowest BCUT2D eigenvalue weighted by molar-refractivity contribution is -0.313. The largest absolute Gasteiger partial charge is 0.396 e. The van der Waals surface area contributed by atoms with Crippen LogP contribution in [0.15, 0.2) is 0 Å². The second-order valence-corrected chi connectivity index (χ2v) is 10.2. The molecule has 0 spiro atoms. The Morgan fingerprint density at radius 1 is 1.00 bits per heavy atom. The summed E-state index contributed by atoms with van der Waals surface area (Å²) in [4.78, 5) is 0. The highest BCUT2D eigenvalue weighted by atomic mass is 16.7. The molecule has 168 valence electrons. The molecule has 0 unspecified atom stereocenters. The van der Waals surface area contributed by atoms with Gasteiger partial charge in [0.15, 0.2) is 6.29 Å². The zero-order chi connectivity index (χ0) is 21.1. The van der Waals surface area contributed by atoms with Crippen molar-refractivity contribution in [3.63, 3.8) is 0 Å². The molecule has 0 aromatic heterocycles. The molecule has 1 heterocycles. The lowest BCUT2D eigenvalue weighted by Crippen LogP contribution is -2.60. The standard InChI is InChI=1S/C21H36O8/c1-10-5-6-21(27,11-3-4-12-15(14(10)11)20(12,2)8-23)9-28-19-18(26)17(25)16(24)13(7-22)29-19/h10-19,22-27H,3-9H2,1-2H3/t10-,11-,12-,13-,14-,15-,16-,17+,18-,19-,20+,21-/m1/s1. The third-order valence-corrected chi connectivity index (χ3v) is 8.67. The summed E-state index contributed by atoms with van der Waals surface area (Å²) in [6, 6.07) is 0. The van der Waals surface area contributed by atoms with Crippen molar-refractivity contribution in [2.75, 3.05) is 19.8 Å². The van der Waals surface area contributed by atoms with Crippen molar-refractivity contribution < 1.29 is 40.1 Å².